The number of hydrogen-bond donors (Lipinski definition) is 9. The minimum Gasteiger partial charge on any atom is -0.394 e. The molecule has 1 amide bonds. The molecule has 12 atom stereocenters. The summed E-state index contributed by atoms with van der Waals surface area (Å²) in [6, 6.07) is -0.921. The van der Waals surface area contributed by atoms with Gasteiger partial charge < -0.3 is 65.1 Å². The molecule has 0 bridgehead atoms. The highest BCUT2D eigenvalue weighted by molar-refractivity contribution is 5.76. The second-order valence-electron chi connectivity index (χ2n) is 20.7. The van der Waals surface area contributed by atoms with Crippen molar-refractivity contribution in [3.8, 4) is 0 Å². The first-order valence-corrected chi connectivity index (χ1v) is 29.8. The van der Waals surface area contributed by atoms with Crippen LogP contribution in [0, 0.1) is 0 Å². The van der Waals surface area contributed by atoms with Crippen LogP contribution < -0.4 is 5.32 Å². The molecule has 2 fully saturated rings. The normalized spacial score (nSPS) is 25.5. The summed E-state index contributed by atoms with van der Waals surface area (Å²) in [6.45, 7) is 2.66. The quantitative estimate of drug-likeness (QED) is 0.0205. The number of aliphatic hydroxyl groups excluding tert-OH is 8. The Kier molecular flexibility index (Phi) is 42.9. The first-order chi connectivity index (χ1) is 37.1. The van der Waals surface area contributed by atoms with Crippen LogP contribution in [0.5, 0.6) is 0 Å². The Balaban J connectivity index is 1.71. The van der Waals surface area contributed by atoms with Gasteiger partial charge in [-0.1, -0.05) is 214 Å². The van der Waals surface area contributed by atoms with Gasteiger partial charge in [0.2, 0.25) is 5.91 Å². The molecule has 2 aliphatic rings. The number of nitrogens with one attached hydrogen (secondary N) is 1. The maximum absolute atomic E-state index is 13.2. The van der Waals surface area contributed by atoms with Crippen LogP contribution in [-0.2, 0) is 23.7 Å². The van der Waals surface area contributed by atoms with Crippen molar-refractivity contribution in [3.05, 3.63) is 85.1 Å². The second kappa shape index (κ2) is 47.0. The van der Waals surface area contributed by atoms with Crippen LogP contribution in [0.1, 0.15) is 206 Å². The molecule has 14 heteroatoms. The molecule has 76 heavy (non-hydrogen) atoms. The fraction of sp³-hybridized carbons (Fsp3) is 0.758. The molecular weight excluding hydrogens is 967 g/mol. The SMILES string of the molecule is CC/C=C\C/C=C\C/C=C\C/C=C\C/C=C\C/C=C\CCCCCCCCCCCCC(=O)NC(COC1OC(CO)C(OC2OC(CO)C(O)C(O)C2O)C(O)C1O)C(O)/C=C/CCCCCCCCCCCCC. The topological polar surface area (TPSA) is 228 Å². The number of rotatable bonds is 46. The molecule has 0 saturated carbocycles. The van der Waals surface area contributed by atoms with Crippen molar-refractivity contribution in [2.75, 3.05) is 19.8 Å². The van der Waals surface area contributed by atoms with Crippen molar-refractivity contribution in [1.82, 2.24) is 5.32 Å². The van der Waals surface area contributed by atoms with E-state index in [4.69, 9.17) is 18.9 Å². The van der Waals surface area contributed by atoms with E-state index in [0.717, 1.165) is 83.5 Å². The molecule has 0 aromatic heterocycles. The lowest BCUT2D eigenvalue weighted by Gasteiger charge is -2.46. The summed E-state index contributed by atoms with van der Waals surface area (Å²) in [5, 5.41) is 87.0. The molecule has 0 aromatic carbocycles. The molecule has 0 aromatic rings. The first-order valence-electron chi connectivity index (χ1n) is 29.8. The molecule has 2 heterocycles. The van der Waals surface area contributed by atoms with Crippen LogP contribution in [0.25, 0.3) is 0 Å². The highest BCUT2D eigenvalue weighted by atomic mass is 16.7. The summed E-state index contributed by atoms with van der Waals surface area (Å²) in [5.74, 6) is -0.248. The van der Waals surface area contributed by atoms with Crippen LogP contribution >= 0.6 is 0 Å². The van der Waals surface area contributed by atoms with Crippen LogP contribution in [0.15, 0.2) is 85.1 Å². The number of carbonyl (C=O) groups is 1. The molecule has 2 saturated heterocycles. The number of allylic oxidation sites excluding steroid dienone is 13. The van der Waals surface area contributed by atoms with Gasteiger partial charge in [0.1, 0.15) is 48.8 Å². The third kappa shape index (κ3) is 32.3. The largest absolute Gasteiger partial charge is 0.394 e. The van der Waals surface area contributed by atoms with Crippen molar-refractivity contribution in [2.45, 2.75) is 280 Å². The Morgan fingerprint density at radius 2 is 0.908 bits per heavy atom. The number of carbonyl (C=O) groups excluding carboxylic acids is 1. The molecule has 438 valence electrons. The van der Waals surface area contributed by atoms with Crippen molar-refractivity contribution in [2.24, 2.45) is 0 Å². The lowest BCUT2D eigenvalue weighted by Crippen LogP contribution is -2.65. The molecule has 14 nitrogen and oxygen atoms in total. The van der Waals surface area contributed by atoms with Gasteiger partial charge in [0.05, 0.1) is 32.0 Å². The zero-order valence-corrected chi connectivity index (χ0v) is 47.0. The van der Waals surface area contributed by atoms with E-state index in [0.29, 0.717) is 6.42 Å². The summed E-state index contributed by atoms with van der Waals surface area (Å²) < 4.78 is 22.7. The highest BCUT2D eigenvalue weighted by Crippen LogP contribution is 2.30. The van der Waals surface area contributed by atoms with Gasteiger partial charge in [-0.25, -0.2) is 0 Å². The molecule has 2 aliphatic heterocycles. The van der Waals surface area contributed by atoms with E-state index in [1.54, 1.807) is 6.08 Å². The molecule has 0 radical (unpaired) electrons. The number of ether oxygens (including phenoxy) is 4. The maximum Gasteiger partial charge on any atom is 0.220 e. The first kappa shape index (κ1) is 69.3. The maximum atomic E-state index is 13.2. The zero-order valence-electron chi connectivity index (χ0n) is 47.0. The van der Waals surface area contributed by atoms with E-state index in [-0.39, 0.29) is 18.9 Å². The average molecular weight is 1070 g/mol. The van der Waals surface area contributed by atoms with Crippen LogP contribution in [0.4, 0.5) is 0 Å². The predicted octanol–water partition coefficient (Wildman–Crippen LogP) is 10.1. The number of hydrogen-bond acceptors (Lipinski definition) is 13. The van der Waals surface area contributed by atoms with Crippen molar-refractivity contribution in [3.63, 3.8) is 0 Å². The fourth-order valence-electron chi connectivity index (χ4n) is 9.29. The molecule has 0 spiro atoms. The zero-order chi connectivity index (χ0) is 55.3. The van der Waals surface area contributed by atoms with E-state index in [1.807, 2.05) is 6.08 Å². The minimum atomic E-state index is -1.79. The van der Waals surface area contributed by atoms with Gasteiger partial charge in [0.25, 0.3) is 0 Å². The average Bonchev–Trinajstić information content (AvgIpc) is 3.42. The van der Waals surface area contributed by atoms with Crippen LogP contribution in [0.3, 0.4) is 0 Å². The predicted molar refractivity (Wildman–Crippen MR) is 304 cm³/mol. The van der Waals surface area contributed by atoms with Crippen LogP contribution in [-0.4, -0.2) is 140 Å². The smallest absolute Gasteiger partial charge is 0.220 e. The second-order valence-corrected chi connectivity index (χ2v) is 20.7. The van der Waals surface area contributed by atoms with Gasteiger partial charge in [0.15, 0.2) is 12.6 Å². The fourth-order valence-corrected chi connectivity index (χ4v) is 9.29. The van der Waals surface area contributed by atoms with Crippen LogP contribution in [0.2, 0.25) is 0 Å². The molecule has 9 N–H and O–H groups in total. The molecular formula is C62H107NO13. The van der Waals surface area contributed by atoms with E-state index in [1.165, 1.54) is 96.3 Å². The standard InChI is InChI=1S/C62H107NO13/c1-3-5-7-9-11-13-15-17-18-19-20-21-22-23-24-25-26-27-28-29-30-31-32-34-36-38-40-42-44-46-54(67)63-50(51(66)45-43-41-39-37-35-33-16-14-12-10-8-6-4-2)49-73-61-59(72)57(70)60(53(48-65)75-61)76-62-58(71)56(69)55(68)52(47-64)74-62/h5,7,11,13,17-18,20-21,23-24,26-27,43,45,50-53,55-62,64-66,68-72H,3-4,6,8-10,12,14-16,19,22,25,28-42,44,46-49H2,1-2H3,(H,63,67)/b7-5-,13-11-,18-17-,21-20-,24-23-,27-26-,45-43+. The Bertz CT molecular complexity index is 1600. The molecule has 12 unspecified atom stereocenters. The number of unbranched alkanes of at least 4 members (excludes halogenated alkanes) is 21. The Labute approximate surface area is 459 Å². The van der Waals surface area contributed by atoms with Gasteiger partial charge in [-0.15, -0.1) is 0 Å². The Morgan fingerprint density at radius 1 is 0.487 bits per heavy atom. The minimum absolute atomic E-state index is 0.248. The lowest BCUT2D eigenvalue weighted by molar-refractivity contribution is -0.359. The Hall–Kier alpha value is -2.83. The van der Waals surface area contributed by atoms with Gasteiger partial charge >= 0.3 is 0 Å². The van der Waals surface area contributed by atoms with Crippen molar-refractivity contribution in [1.29, 1.82) is 0 Å². The van der Waals surface area contributed by atoms with Gasteiger partial charge in [-0.3, -0.25) is 4.79 Å². The van der Waals surface area contributed by atoms with E-state index in [9.17, 15) is 45.6 Å². The Morgan fingerprint density at radius 3 is 1.39 bits per heavy atom. The van der Waals surface area contributed by atoms with E-state index in [2.05, 4.69) is 92.1 Å². The highest BCUT2D eigenvalue weighted by Gasteiger charge is 2.51. The summed E-state index contributed by atoms with van der Waals surface area (Å²) in [4.78, 5) is 13.2. The third-order valence-electron chi connectivity index (χ3n) is 14.1. The van der Waals surface area contributed by atoms with Gasteiger partial charge in [-0.05, 0) is 70.6 Å². The molecule has 0 aliphatic carbocycles. The lowest BCUT2D eigenvalue weighted by atomic mass is 9.97. The number of aliphatic hydroxyl groups is 8. The van der Waals surface area contributed by atoms with Gasteiger partial charge in [-0.2, -0.15) is 0 Å². The molecule has 2 rings (SSSR count). The van der Waals surface area contributed by atoms with E-state index >= 15 is 0 Å². The monoisotopic (exact) mass is 1070 g/mol. The van der Waals surface area contributed by atoms with E-state index < -0.39 is 86.8 Å². The van der Waals surface area contributed by atoms with Gasteiger partial charge in [0, 0.05) is 6.42 Å². The summed E-state index contributed by atoms with van der Waals surface area (Å²) in [6.07, 6.45) is 46.2. The van der Waals surface area contributed by atoms with Crippen molar-refractivity contribution < 1.29 is 64.6 Å². The summed E-state index contributed by atoms with van der Waals surface area (Å²) in [7, 11) is 0. The summed E-state index contributed by atoms with van der Waals surface area (Å²) >= 11 is 0. The summed E-state index contributed by atoms with van der Waals surface area (Å²) in [5.41, 5.74) is 0. The van der Waals surface area contributed by atoms with Crippen molar-refractivity contribution >= 4 is 5.91 Å². The third-order valence-corrected chi connectivity index (χ3v) is 14.1. The number of amides is 1.